The maximum absolute atomic E-state index is 8.25. The Hall–Kier alpha value is 0.708. The lowest BCUT2D eigenvalue weighted by Crippen LogP contribution is -2.76. The topological polar surface area (TPSA) is 36.9 Å². The predicted molar refractivity (Wildman–Crippen MR) is 150 cm³/mol. The molecule has 8 aliphatic carbocycles. The standard InChI is InChI=1S/C28H48O4Si4/c1-5-21(6-1)33(25-13-14-25)29-34(26-15-16-26,22-7-2-8-22)31-36(28-19-20-28,24-11-4-12-24)32-35(30-33,27-17-18-27)23-9-3-10-23/h21-28H,1-20H2. The quantitative estimate of drug-likeness (QED) is 0.278. The normalized spacial score (nSPS) is 49.3. The molecule has 4 nitrogen and oxygen atoms in total. The van der Waals surface area contributed by atoms with Crippen molar-refractivity contribution in [2.24, 2.45) is 0 Å². The number of hydrogen-bond donors (Lipinski definition) is 0. The highest BCUT2D eigenvalue weighted by Crippen LogP contribution is 2.71. The fraction of sp³-hybridized carbons (Fsp3) is 1.00. The molecule has 0 radical (unpaired) electrons. The molecule has 0 unspecified atom stereocenters. The van der Waals surface area contributed by atoms with Gasteiger partial charge in [0.1, 0.15) is 0 Å². The van der Waals surface area contributed by atoms with E-state index in [4.69, 9.17) is 16.5 Å². The summed E-state index contributed by atoms with van der Waals surface area (Å²) in [6.07, 6.45) is 27.8. The number of rotatable bonds is 8. The molecule has 0 aromatic carbocycles. The van der Waals surface area contributed by atoms with Gasteiger partial charge in [-0.25, -0.2) is 0 Å². The first-order chi connectivity index (χ1) is 17.7. The Morgan fingerprint density at radius 3 is 0.528 bits per heavy atom. The van der Waals surface area contributed by atoms with Gasteiger partial charge in [0.05, 0.1) is 0 Å². The van der Waals surface area contributed by atoms with Crippen LogP contribution in [-0.2, 0) is 16.5 Å². The van der Waals surface area contributed by atoms with Gasteiger partial charge in [0.15, 0.2) is 0 Å². The molecule has 1 saturated heterocycles. The van der Waals surface area contributed by atoms with Gasteiger partial charge in [0.2, 0.25) is 0 Å². The molecular weight excluding hydrogens is 513 g/mol. The highest BCUT2D eigenvalue weighted by Gasteiger charge is 2.78. The molecule has 36 heavy (non-hydrogen) atoms. The Morgan fingerprint density at radius 2 is 0.417 bits per heavy atom. The molecule has 200 valence electrons. The average Bonchev–Trinajstić information content (AvgIpc) is 3.58. The van der Waals surface area contributed by atoms with Crippen LogP contribution in [0.3, 0.4) is 0 Å². The van der Waals surface area contributed by atoms with Gasteiger partial charge in [-0.2, -0.15) is 0 Å². The minimum Gasteiger partial charge on any atom is -0.415 e. The molecule has 1 aliphatic heterocycles. The van der Waals surface area contributed by atoms with E-state index in [-0.39, 0.29) is 0 Å². The highest BCUT2D eigenvalue weighted by molar-refractivity contribution is 6.98. The van der Waals surface area contributed by atoms with Gasteiger partial charge < -0.3 is 16.5 Å². The van der Waals surface area contributed by atoms with Crippen molar-refractivity contribution in [2.45, 2.75) is 173 Å². The first-order valence-electron chi connectivity index (χ1n) is 16.5. The van der Waals surface area contributed by atoms with E-state index < -0.39 is 34.2 Å². The summed E-state index contributed by atoms with van der Waals surface area (Å²) >= 11 is 0. The van der Waals surface area contributed by atoms with Crippen LogP contribution < -0.4 is 0 Å². The Morgan fingerprint density at radius 1 is 0.250 bits per heavy atom. The molecule has 8 heteroatoms. The zero-order valence-corrected chi connectivity index (χ0v) is 26.4. The largest absolute Gasteiger partial charge is 0.415 e. The fourth-order valence-corrected chi connectivity index (χ4v) is 41.1. The molecule has 0 aromatic rings. The smallest absolute Gasteiger partial charge is 0.327 e. The minimum absolute atomic E-state index is 0.757. The van der Waals surface area contributed by atoms with Gasteiger partial charge in [-0.3, -0.25) is 0 Å². The summed E-state index contributed by atoms with van der Waals surface area (Å²) in [6, 6.07) is 0. The van der Waals surface area contributed by atoms with E-state index in [1.807, 2.05) is 0 Å². The molecular formula is C28H48O4Si4. The lowest BCUT2D eigenvalue weighted by atomic mass is 10.00. The molecule has 0 atom stereocenters. The second kappa shape index (κ2) is 8.14. The summed E-state index contributed by atoms with van der Waals surface area (Å²) in [6.45, 7) is 0. The Kier molecular flexibility index (Phi) is 5.29. The third-order valence-electron chi connectivity index (χ3n) is 12.6. The maximum Gasteiger partial charge on any atom is 0.327 e. The van der Waals surface area contributed by atoms with Gasteiger partial charge >= 0.3 is 34.2 Å². The van der Waals surface area contributed by atoms with Gasteiger partial charge in [0, 0.05) is 44.3 Å². The lowest BCUT2D eigenvalue weighted by molar-refractivity contribution is 0.150. The van der Waals surface area contributed by atoms with Crippen molar-refractivity contribution in [2.75, 3.05) is 0 Å². The summed E-state index contributed by atoms with van der Waals surface area (Å²) in [5.74, 6) is 0. The minimum atomic E-state index is -2.36. The Bertz CT molecular complexity index is 732. The van der Waals surface area contributed by atoms with Crippen molar-refractivity contribution < 1.29 is 16.5 Å². The van der Waals surface area contributed by atoms with E-state index in [1.54, 1.807) is 0 Å². The third-order valence-corrected chi connectivity index (χ3v) is 36.5. The van der Waals surface area contributed by atoms with Crippen molar-refractivity contribution in [3.8, 4) is 0 Å². The molecule has 0 N–H and O–H groups in total. The van der Waals surface area contributed by atoms with Crippen LogP contribution in [0.15, 0.2) is 0 Å². The van der Waals surface area contributed by atoms with Crippen LogP contribution in [0, 0.1) is 0 Å². The summed E-state index contributed by atoms with van der Waals surface area (Å²) in [4.78, 5) is 0. The molecule has 9 aliphatic rings. The van der Waals surface area contributed by atoms with Crippen LogP contribution in [0.1, 0.15) is 128 Å². The monoisotopic (exact) mass is 560 g/mol. The molecule has 0 bridgehead atoms. The van der Waals surface area contributed by atoms with Crippen LogP contribution in [-0.4, -0.2) is 34.2 Å². The van der Waals surface area contributed by atoms with E-state index in [1.165, 1.54) is 128 Å². The molecule has 0 spiro atoms. The van der Waals surface area contributed by atoms with Crippen LogP contribution >= 0.6 is 0 Å². The zero-order chi connectivity index (χ0) is 23.6. The molecule has 0 aromatic heterocycles. The van der Waals surface area contributed by atoms with Crippen molar-refractivity contribution >= 4 is 34.2 Å². The van der Waals surface area contributed by atoms with Crippen molar-refractivity contribution in [1.29, 1.82) is 0 Å². The Balaban J connectivity index is 1.23. The summed E-state index contributed by atoms with van der Waals surface area (Å²) < 4.78 is 33.0. The van der Waals surface area contributed by atoms with E-state index in [0.29, 0.717) is 0 Å². The van der Waals surface area contributed by atoms with Crippen LogP contribution in [0.4, 0.5) is 0 Å². The second-order valence-corrected chi connectivity index (χ2v) is 30.5. The molecule has 8 saturated carbocycles. The zero-order valence-electron chi connectivity index (χ0n) is 22.4. The fourth-order valence-electron chi connectivity index (χ4n) is 8.93. The third kappa shape index (κ3) is 3.34. The molecule has 9 rings (SSSR count). The second-order valence-electron chi connectivity index (χ2n) is 14.9. The number of hydrogen-bond acceptors (Lipinski definition) is 4. The average molecular weight is 561 g/mol. The van der Waals surface area contributed by atoms with Gasteiger partial charge in [-0.05, 0) is 103 Å². The van der Waals surface area contributed by atoms with Gasteiger partial charge in [-0.1, -0.05) is 25.7 Å². The SMILES string of the molecule is C1CC([Si]2(C3CC3)O[Si](C3CCC3)(C3CC3)O[Si](C3CCC3)(C3CC3)O[Si](C3CCC3)(C3CC3)O2)C1. The summed E-state index contributed by atoms with van der Waals surface area (Å²) in [5, 5.41) is 0. The highest BCUT2D eigenvalue weighted by atomic mass is 28.5. The first-order valence-corrected chi connectivity index (χ1v) is 24.4. The lowest BCUT2D eigenvalue weighted by Gasteiger charge is -2.62. The van der Waals surface area contributed by atoms with Gasteiger partial charge in [-0.15, -0.1) is 0 Å². The maximum atomic E-state index is 8.25. The van der Waals surface area contributed by atoms with Crippen molar-refractivity contribution in [3.05, 3.63) is 0 Å². The molecule has 1 heterocycles. The summed E-state index contributed by atoms with van der Waals surface area (Å²) in [5.41, 5.74) is 6.10. The molecule has 0 amide bonds. The van der Waals surface area contributed by atoms with Gasteiger partial charge in [0.25, 0.3) is 0 Å². The van der Waals surface area contributed by atoms with Crippen LogP contribution in [0.5, 0.6) is 0 Å². The molecule has 9 fully saturated rings. The van der Waals surface area contributed by atoms with E-state index >= 15 is 0 Å². The van der Waals surface area contributed by atoms with E-state index in [2.05, 4.69) is 0 Å². The van der Waals surface area contributed by atoms with Crippen LogP contribution in [0.25, 0.3) is 0 Å². The summed E-state index contributed by atoms with van der Waals surface area (Å²) in [7, 11) is -9.45. The van der Waals surface area contributed by atoms with Crippen molar-refractivity contribution in [1.82, 2.24) is 0 Å². The predicted octanol–water partition coefficient (Wildman–Crippen LogP) is 8.71. The van der Waals surface area contributed by atoms with E-state index in [9.17, 15) is 0 Å². The Labute approximate surface area is 223 Å². The van der Waals surface area contributed by atoms with Crippen molar-refractivity contribution in [3.63, 3.8) is 0 Å². The first kappa shape index (κ1) is 23.4. The van der Waals surface area contributed by atoms with Crippen LogP contribution in [0.2, 0.25) is 44.3 Å². The van der Waals surface area contributed by atoms with E-state index in [0.717, 1.165) is 44.3 Å².